The van der Waals surface area contributed by atoms with Gasteiger partial charge in [-0.2, -0.15) is 0 Å². The van der Waals surface area contributed by atoms with Crippen molar-refractivity contribution in [1.29, 1.82) is 0 Å². The second-order valence-corrected chi connectivity index (χ2v) is 41.8. The molecule has 146 heavy (non-hydrogen) atoms. The van der Waals surface area contributed by atoms with Gasteiger partial charge in [-0.25, -0.2) is 9.59 Å². The molecule has 854 valence electrons. The summed E-state index contributed by atoms with van der Waals surface area (Å²) < 4.78 is 44.8. The minimum atomic E-state index is -0.662. The maximum Gasteiger partial charge on any atom is 0.514 e. The van der Waals surface area contributed by atoms with Gasteiger partial charge < -0.3 is 52.8 Å². The van der Waals surface area contributed by atoms with E-state index in [1.165, 1.54) is 302 Å². The van der Waals surface area contributed by atoms with Crippen LogP contribution in [0.1, 0.15) is 582 Å². The molecule has 0 aliphatic heterocycles. The largest absolute Gasteiger partial charge is 0.514 e. The van der Waals surface area contributed by atoms with Gasteiger partial charge in [-0.05, 0) is 283 Å². The van der Waals surface area contributed by atoms with Crippen molar-refractivity contribution in [3.8, 4) is 5.75 Å². The second-order valence-electron chi connectivity index (χ2n) is 41.8. The van der Waals surface area contributed by atoms with Gasteiger partial charge >= 0.3 is 36.2 Å². The van der Waals surface area contributed by atoms with Crippen LogP contribution in [0.4, 0.5) is 9.59 Å². The summed E-state index contributed by atoms with van der Waals surface area (Å²) in [4.78, 5) is 81.7. The molecule has 1 atom stereocenters. The summed E-state index contributed by atoms with van der Waals surface area (Å²) in [5.74, 6) is 0.892. The Hall–Kier alpha value is -5.56. The Morgan fingerprint density at radius 1 is 0.253 bits per heavy atom. The van der Waals surface area contributed by atoms with Crippen LogP contribution in [-0.2, 0) is 52.3 Å². The van der Waals surface area contributed by atoms with E-state index in [1.807, 2.05) is 19.1 Å². The van der Waals surface area contributed by atoms with Crippen molar-refractivity contribution in [2.75, 3.05) is 98.5 Å². The highest BCUT2D eigenvalue weighted by atomic mass is 16.7. The molecule has 0 bridgehead atoms. The Balaban J connectivity index is 0. The van der Waals surface area contributed by atoms with Crippen LogP contribution in [0.2, 0.25) is 0 Å². The zero-order chi connectivity index (χ0) is 107. The molecule has 0 aliphatic carbocycles. The molecule has 0 fully saturated rings. The number of aliphatic hydroxyl groups excluding tert-OH is 1. The first-order valence-corrected chi connectivity index (χ1v) is 62.4. The van der Waals surface area contributed by atoms with Crippen LogP contribution in [0.5, 0.6) is 5.75 Å². The van der Waals surface area contributed by atoms with E-state index in [0.29, 0.717) is 83.5 Å². The van der Waals surface area contributed by atoms with E-state index in [2.05, 4.69) is 133 Å². The molecular formula is C128H237N3O15. The Labute approximate surface area is 901 Å². The molecule has 0 radical (unpaired) electrons. The zero-order valence-corrected chi connectivity index (χ0v) is 97.6. The third-order valence-electron chi connectivity index (χ3n) is 28.6. The number of hydrogen-bond acceptors (Lipinski definition) is 18. The van der Waals surface area contributed by atoms with Crippen LogP contribution in [0.3, 0.4) is 0 Å². The smallest absolute Gasteiger partial charge is 0.466 e. The standard InChI is InChI=1S/C60H114N2O7.C57H98O7.C11H25NO/c1-6-11-13-15-17-19-21-23-25-27-29-31-33-35-43-49-58(63)66-54-45-39-37-41-47-57(69-60(65)68-56-53-62(10-5)52-51-61(8-3)9-4)48-42-38-40-46-55-67-59(64)50-44-36-34-32-30-28-26-24-22-20-18-16-14-12-7-2;1-4-6-8-10-12-14-16-18-20-22-24-26-28-30-38-44-55(58)61-50-40-34-32-36-42-53(63-57(60)64-54-48-46-52(3)47-49-54)43-37-33-35-41-51-62-56(59)45-39-31-29-27-25-23-21-19-17-15-13-11-9-7-5-2;1-4-11(8-10-13)7-9-12(5-2)6-3/h23-26,57H,6-22,27-56H2,1-5H3;18-21,46-49,53H,4-17,22-45,50-51H2,1-3H3;11,13H,4-10H2,1-3H3/b25-23-,26-24-;20-18-,21-19-;. The Morgan fingerprint density at radius 3 is 0.774 bits per heavy atom. The lowest BCUT2D eigenvalue weighted by molar-refractivity contribution is -0.144. The lowest BCUT2D eigenvalue weighted by Crippen LogP contribution is -2.37. The van der Waals surface area contributed by atoms with E-state index in [4.69, 9.17) is 43.0 Å². The third-order valence-corrected chi connectivity index (χ3v) is 28.6. The van der Waals surface area contributed by atoms with Gasteiger partial charge in [-0.1, -0.05) is 399 Å². The van der Waals surface area contributed by atoms with Crippen molar-refractivity contribution in [3.05, 3.63) is 78.4 Å². The Bertz CT molecular complexity index is 2890. The second kappa shape index (κ2) is 118. The van der Waals surface area contributed by atoms with E-state index in [1.54, 1.807) is 12.1 Å². The minimum absolute atomic E-state index is 0.0718. The molecular weight excluding hydrogens is 1820 g/mol. The van der Waals surface area contributed by atoms with E-state index in [-0.39, 0.29) is 36.1 Å². The molecule has 1 aromatic rings. The summed E-state index contributed by atoms with van der Waals surface area (Å²) >= 11 is 0. The van der Waals surface area contributed by atoms with Gasteiger partial charge in [-0.15, -0.1) is 0 Å². The summed E-state index contributed by atoms with van der Waals surface area (Å²) in [6.45, 7) is 35.9. The van der Waals surface area contributed by atoms with Crippen molar-refractivity contribution >= 4 is 36.2 Å². The minimum Gasteiger partial charge on any atom is -0.466 e. The number of benzene rings is 1. The van der Waals surface area contributed by atoms with Crippen LogP contribution in [-0.4, -0.2) is 167 Å². The molecule has 0 amide bonds. The fourth-order valence-corrected chi connectivity index (χ4v) is 18.4. The number of likely N-dealkylation sites (N-methyl/N-ethyl adjacent to an activating group) is 2. The van der Waals surface area contributed by atoms with Crippen LogP contribution >= 0.6 is 0 Å². The molecule has 1 unspecified atom stereocenters. The highest BCUT2D eigenvalue weighted by Gasteiger charge is 2.20. The van der Waals surface area contributed by atoms with E-state index >= 15 is 0 Å². The van der Waals surface area contributed by atoms with Crippen molar-refractivity contribution < 1.29 is 71.8 Å². The molecule has 1 rings (SSSR count). The number of aryl methyl sites for hydroxylation is 1. The molecule has 1 N–H and O–H groups in total. The Morgan fingerprint density at radius 2 is 0.500 bits per heavy atom. The molecule has 0 saturated heterocycles. The monoisotopic (exact) mass is 2060 g/mol. The summed E-state index contributed by atoms with van der Waals surface area (Å²) in [5.41, 5.74) is 1.10. The summed E-state index contributed by atoms with van der Waals surface area (Å²) in [7, 11) is 0. The number of esters is 4. The van der Waals surface area contributed by atoms with Crippen LogP contribution in [0, 0.1) is 12.8 Å². The van der Waals surface area contributed by atoms with Gasteiger partial charge in [-0.3, -0.25) is 24.1 Å². The zero-order valence-electron chi connectivity index (χ0n) is 97.6. The molecule has 18 nitrogen and oxygen atoms in total. The first kappa shape index (κ1) is 142. The van der Waals surface area contributed by atoms with Gasteiger partial charge in [0.15, 0.2) is 0 Å². The lowest BCUT2D eigenvalue weighted by Gasteiger charge is -2.25. The molecule has 0 saturated carbocycles. The van der Waals surface area contributed by atoms with Crippen molar-refractivity contribution in [3.63, 3.8) is 0 Å². The van der Waals surface area contributed by atoms with E-state index in [9.17, 15) is 28.8 Å². The summed E-state index contributed by atoms with van der Waals surface area (Å²) in [5, 5.41) is 8.83. The average Bonchev–Trinajstić information content (AvgIpc) is 0.903. The fourth-order valence-electron chi connectivity index (χ4n) is 18.4. The fraction of sp³-hybridized carbons (Fsp3) is 0.844. The van der Waals surface area contributed by atoms with Crippen molar-refractivity contribution in [2.45, 2.75) is 596 Å². The van der Waals surface area contributed by atoms with Gasteiger partial charge in [0.05, 0.1) is 26.4 Å². The number of aliphatic hydroxyl groups is 1. The number of allylic oxidation sites excluding steroid dienone is 8. The predicted octanol–water partition coefficient (Wildman–Crippen LogP) is 37.3. The highest BCUT2D eigenvalue weighted by Crippen LogP contribution is 2.24. The number of hydrogen-bond donors (Lipinski definition) is 1. The molecule has 18 heteroatoms. The normalized spacial score (nSPS) is 11.9. The van der Waals surface area contributed by atoms with Crippen molar-refractivity contribution in [2.24, 2.45) is 5.92 Å². The topological polar surface area (TPSA) is 206 Å². The average molecular weight is 2060 g/mol. The first-order chi connectivity index (χ1) is 71.6. The van der Waals surface area contributed by atoms with Crippen LogP contribution < -0.4 is 4.74 Å². The van der Waals surface area contributed by atoms with Gasteiger partial charge in [0.1, 0.15) is 24.6 Å². The quantitative estimate of drug-likeness (QED) is 0.0212. The van der Waals surface area contributed by atoms with Crippen molar-refractivity contribution in [1.82, 2.24) is 14.7 Å². The molecule has 0 aliphatic rings. The van der Waals surface area contributed by atoms with Gasteiger partial charge in [0.25, 0.3) is 0 Å². The third kappa shape index (κ3) is 108. The van der Waals surface area contributed by atoms with Crippen LogP contribution in [0.15, 0.2) is 72.9 Å². The SMILES string of the molecule is CCC(CCO)CCN(CC)CC.CCCCCCCC/C=C\CCCCCCCC(=O)OCCCCCCC(CCCCCCOC(=O)CCCCCCC/C=C\CCCCCCCC)OC(=O)OCCN(CC)CCN(CC)CC.CCCCCCCC/C=C\CCCCCCCC(=O)OCCCCCCC(CCCCCCOC(=O)CCCCCCC/C=C\CCCCCCCC)OC(=O)Oc1ccc(C)cc1. The molecule has 0 aromatic heterocycles. The molecule has 0 heterocycles. The number of carbonyl (C=O) groups is 6. The van der Waals surface area contributed by atoms with Gasteiger partial charge in [0.2, 0.25) is 0 Å². The number of ether oxygens (including phenoxy) is 8. The number of rotatable bonds is 108. The maximum atomic E-state index is 12.8. The Kier molecular flexibility index (Phi) is 115. The molecule has 0 spiro atoms. The number of carbonyl (C=O) groups excluding carboxylic acids is 6. The van der Waals surface area contributed by atoms with Gasteiger partial charge in [0, 0.05) is 51.9 Å². The number of unbranched alkanes of at least 4 members (excludes halogenated alkanes) is 56. The lowest BCUT2D eigenvalue weighted by atomic mass is 9.99. The summed E-state index contributed by atoms with van der Waals surface area (Å²) in [6.07, 6.45) is 106. The van der Waals surface area contributed by atoms with E-state index < -0.39 is 12.3 Å². The van der Waals surface area contributed by atoms with Crippen LogP contribution in [0.25, 0.3) is 0 Å². The first-order valence-electron chi connectivity index (χ1n) is 62.4. The van der Waals surface area contributed by atoms with E-state index in [0.717, 1.165) is 238 Å². The predicted molar refractivity (Wildman–Crippen MR) is 620 cm³/mol. The molecule has 1 aromatic carbocycles. The maximum absolute atomic E-state index is 12.8. The summed E-state index contributed by atoms with van der Waals surface area (Å²) in [6, 6.07) is 7.38. The highest BCUT2D eigenvalue weighted by molar-refractivity contribution is 5.70. The number of nitrogens with zero attached hydrogens (tertiary/aromatic N) is 3.